The van der Waals surface area contributed by atoms with Gasteiger partial charge in [0, 0.05) is 17.6 Å². The zero-order chi connectivity index (χ0) is 31.6. The maximum atomic E-state index is 14.7. The van der Waals surface area contributed by atoms with Gasteiger partial charge in [-0.05, 0) is 31.4 Å². The summed E-state index contributed by atoms with van der Waals surface area (Å²) in [5, 5.41) is 8.10. The van der Waals surface area contributed by atoms with Crippen molar-refractivity contribution in [1.29, 1.82) is 0 Å². The summed E-state index contributed by atoms with van der Waals surface area (Å²) >= 11 is 3.26. The molecule has 3 heterocycles. The first-order valence-electron chi connectivity index (χ1n) is 14.5. The molecule has 2 amide bonds. The molecule has 3 atom stereocenters. The Morgan fingerprint density at radius 3 is 2.72 bits per heavy atom. The second kappa shape index (κ2) is 16.1. The van der Waals surface area contributed by atoms with Gasteiger partial charge in [0.2, 0.25) is 11.8 Å². The number of cyclic esters (lactones) is 1. The number of thiazole rings is 1. The van der Waals surface area contributed by atoms with E-state index in [1.807, 2.05) is 0 Å². The summed E-state index contributed by atoms with van der Waals surface area (Å²) in [5.74, 6) is -6.06. The van der Waals surface area contributed by atoms with Crippen LogP contribution in [0.2, 0.25) is 0 Å². The zero-order valence-electron chi connectivity index (χ0n) is 25.0. The molecule has 1 aromatic rings. The van der Waals surface area contributed by atoms with Gasteiger partial charge in [0.25, 0.3) is 5.92 Å². The number of unbranched alkanes of at least 4 members (excludes halogenated alkanes) is 4. The summed E-state index contributed by atoms with van der Waals surface area (Å²) in [4.78, 5) is 60.5. The van der Waals surface area contributed by atoms with Crippen LogP contribution in [0.25, 0.3) is 0 Å². The molecular weight excluding hydrogens is 619 g/mol. The molecule has 1 aromatic heterocycles. The van der Waals surface area contributed by atoms with Crippen LogP contribution in [0.3, 0.4) is 0 Å². The standard InChI is InChI=1S/C29H40F2N4O5S3/c1-5-6-7-8-9-10-23(37)42-17-29(30,31)12-11-19-13-21(36)32-14-22-33-20(15-41-22)25-35-28(4,16-43-25)27(39)34-24(18(2)3)26(38)40-19/h11-12,15,18-19,24H,5-10,13-14,16-17H2,1-4H3,(H,32,36)(H,34,39)/b12-11+/t19-,24+,28+/m1/s1. The summed E-state index contributed by atoms with van der Waals surface area (Å²) in [6.07, 6.45) is 4.76. The minimum Gasteiger partial charge on any atom is -0.456 e. The zero-order valence-corrected chi connectivity index (χ0v) is 27.4. The molecule has 2 aliphatic heterocycles. The highest BCUT2D eigenvalue weighted by Crippen LogP contribution is 2.32. The third-order valence-electron chi connectivity index (χ3n) is 6.86. The number of nitrogens with zero attached hydrogens (tertiary/aromatic N) is 2. The minimum atomic E-state index is -3.38. The van der Waals surface area contributed by atoms with Crippen molar-refractivity contribution in [3.8, 4) is 0 Å². The molecule has 0 spiro atoms. The van der Waals surface area contributed by atoms with E-state index in [0.29, 0.717) is 45.8 Å². The quantitative estimate of drug-likeness (QED) is 0.187. The average molecular weight is 659 g/mol. The second-order valence-electron chi connectivity index (χ2n) is 11.2. The lowest BCUT2D eigenvalue weighted by atomic mass is 10.0. The van der Waals surface area contributed by atoms with Crippen molar-refractivity contribution in [1.82, 2.24) is 15.6 Å². The van der Waals surface area contributed by atoms with Crippen LogP contribution >= 0.6 is 34.9 Å². The molecule has 2 N–H and O–H groups in total. The fourth-order valence-corrected chi connectivity index (χ4v) is 6.91. The Labute approximate surface area is 263 Å². The number of thioether (sulfide) groups is 2. The lowest BCUT2D eigenvalue weighted by molar-refractivity contribution is -0.153. The molecule has 4 bridgehead atoms. The van der Waals surface area contributed by atoms with Gasteiger partial charge in [-0.2, -0.15) is 0 Å². The maximum absolute atomic E-state index is 14.7. The van der Waals surface area contributed by atoms with Crippen LogP contribution < -0.4 is 10.6 Å². The Kier molecular flexibility index (Phi) is 13.2. The maximum Gasteiger partial charge on any atom is 0.329 e. The summed E-state index contributed by atoms with van der Waals surface area (Å²) in [5.41, 5.74) is -0.548. The van der Waals surface area contributed by atoms with Gasteiger partial charge in [0.1, 0.15) is 33.4 Å². The summed E-state index contributed by atoms with van der Waals surface area (Å²) in [6, 6.07) is -1.10. The molecule has 0 aliphatic carbocycles. The first-order valence-corrected chi connectivity index (χ1v) is 17.4. The van der Waals surface area contributed by atoms with Crippen molar-refractivity contribution in [3.63, 3.8) is 0 Å². The SMILES string of the molecule is CCCCCCCC(=O)SCC(F)(F)/C=C/[C@@H]1CC(=O)NCc2nc(cs2)C2=N[C@@](C)(CS2)C(=O)N[C@@H](C(C)C)C(=O)O1. The number of alkyl halides is 2. The highest BCUT2D eigenvalue weighted by atomic mass is 32.2. The lowest BCUT2D eigenvalue weighted by Crippen LogP contribution is -2.53. The van der Waals surface area contributed by atoms with E-state index in [4.69, 9.17) is 4.74 Å². The normalized spacial score (nSPS) is 23.7. The number of esters is 1. The molecule has 0 radical (unpaired) electrons. The van der Waals surface area contributed by atoms with Gasteiger partial charge in [-0.25, -0.2) is 18.6 Å². The Bertz CT molecular complexity index is 1220. The molecule has 2 aliphatic rings. The number of halogens is 2. The van der Waals surface area contributed by atoms with E-state index in [9.17, 15) is 28.0 Å². The van der Waals surface area contributed by atoms with E-state index in [1.165, 1.54) is 23.1 Å². The van der Waals surface area contributed by atoms with Gasteiger partial charge in [0.15, 0.2) is 5.12 Å². The van der Waals surface area contributed by atoms with E-state index in [0.717, 1.165) is 31.8 Å². The molecule has 238 valence electrons. The number of aromatic nitrogens is 1. The summed E-state index contributed by atoms with van der Waals surface area (Å²) in [7, 11) is 0. The number of carbonyl (C=O) groups excluding carboxylic acids is 4. The minimum absolute atomic E-state index is 0.0888. The number of hydrogen-bond donors (Lipinski definition) is 2. The first-order chi connectivity index (χ1) is 20.3. The molecule has 0 unspecified atom stereocenters. The Balaban J connectivity index is 1.74. The van der Waals surface area contributed by atoms with Crippen molar-refractivity contribution in [3.05, 3.63) is 28.2 Å². The number of aliphatic imine (C=N–C) groups is 1. The largest absolute Gasteiger partial charge is 0.456 e. The van der Waals surface area contributed by atoms with Crippen LogP contribution in [0.4, 0.5) is 8.78 Å². The predicted octanol–water partition coefficient (Wildman–Crippen LogP) is 5.28. The lowest BCUT2D eigenvalue weighted by Gasteiger charge is -2.27. The molecular formula is C29H40F2N4O5S3. The molecule has 0 aromatic carbocycles. The molecule has 0 saturated carbocycles. The monoisotopic (exact) mass is 658 g/mol. The Morgan fingerprint density at radius 2 is 2.00 bits per heavy atom. The number of rotatable bonds is 11. The van der Waals surface area contributed by atoms with Crippen molar-refractivity contribution >= 4 is 62.8 Å². The molecule has 14 heteroatoms. The van der Waals surface area contributed by atoms with Crippen LogP contribution in [0, 0.1) is 5.92 Å². The van der Waals surface area contributed by atoms with E-state index < -0.39 is 59.5 Å². The van der Waals surface area contributed by atoms with Gasteiger partial charge in [0.05, 0.1) is 18.7 Å². The molecule has 0 saturated heterocycles. The Morgan fingerprint density at radius 1 is 1.26 bits per heavy atom. The number of fused-ring (bicyclic) bond motifs is 4. The van der Waals surface area contributed by atoms with Gasteiger partial charge in [-0.15, -0.1) is 23.1 Å². The van der Waals surface area contributed by atoms with Gasteiger partial charge >= 0.3 is 5.97 Å². The number of amides is 2. The molecule has 43 heavy (non-hydrogen) atoms. The topological polar surface area (TPSA) is 127 Å². The van der Waals surface area contributed by atoms with Crippen LogP contribution in [0.15, 0.2) is 22.5 Å². The molecule has 3 rings (SSSR count). The highest BCUT2D eigenvalue weighted by Gasteiger charge is 2.42. The number of ether oxygens (including phenoxy) is 1. The fourth-order valence-electron chi connectivity index (χ4n) is 4.25. The first kappa shape index (κ1) is 35.2. The van der Waals surface area contributed by atoms with Gasteiger partial charge in [-0.3, -0.25) is 19.4 Å². The van der Waals surface area contributed by atoms with E-state index >= 15 is 0 Å². The number of hydrogen-bond acceptors (Lipinski definition) is 10. The van der Waals surface area contributed by atoms with E-state index in [1.54, 1.807) is 26.2 Å². The van der Waals surface area contributed by atoms with Crippen LogP contribution in [0.1, 0.15) is 83.3 Å². The number of allylic oxidation sites excluding steroid dienone is 1. The van der Waals surface area contributed by atoms with Gasteiger partial charge in [-0.1, -0.05) is 58.2 Å². The fraction of sp³-hybridized carbons (Fsp3) is 0.655. The van der Waals surface area contributed by atoms with Crippen molar-refractivity contribution < 1.29 is 32.7 Å². The van der Waals surface area contributed by atoms with Crippen LogP contribution in [0.5, 0.6) is 0 Å². The number of carbonyl (C=O) groups is 4. The van der Waals surface area contributed by atoms with Crippen molar-refractivity contribution in [2.75, 3.05) is 11.5 Å². The molecule has 9 nitrogen and oxygen atoms in total. The smallest absolute Gasteiger partial charge is 0.329 e. The summed E-state index contributed by atoms with van der Waals surface area (Å²) < 4.78 is 35.0. The van der Waals surface area contributed by atoms with E-state index in [2.05, 4.69) is 27.5 Å². The van der Waals surface area contributed by atoms with Crippen molar-refractivity contribution in [2.24, 2.45) is 10.9 Å². The Hall–Kier alpha value is -2.32. The van der Waals surface area contributed by atoms with E-state index in [-0.39, 0.29) is 18.1 Å². The van der Waals surface area contributed by atoms with Crippen LogP contribution in [-0.2, 0) is 30.5 Å². The average Bonchev–Trinajstić information content (AvgIpc) is 3.59. The second-order valence-corrected chi connectivity index (χ2v) is 14.1. The third-order valence-corrected chi connectivity index (χ3v) is 10.0. The predicted molar refractivity (Wildman–Crippen MR) is 168 cm³/mol. The number of nitrogens with one attached hydrogen (secondary N) is 2. The molecule has 0 fully saturated rings. The van der Waals surface area contributed by atoms with Gasteiger partial charge < -0.3 is 15.4 Å². The third kappa shape index (κ3) is 11.0. The summed E-state index contributed by atoms with van der Waals surface area (Å²) in [6.45, 7) is 7.28. The van der Waals surface area contributed by atoms with Crippen LogP contribution in [-0.4, -0.2) is 68.0 Å². The van der Waals surface area contributed by atoms with Crippen molar-refractivity contribution in [2.45, 2.75) is 103 Å². The highest BCUT2D eigenvalue weighted by molar-refractivity contribution is 8.14.